The lowest BCUT2D eigenvalue weighted by Gasteiger charge is -2.09. The van der Waals surface area contributed by atoms with Gasteiger partial charge in [-0.2, -0.15) is 0 Å². The predicted octanol–water partition coefficient (Wildman–Crippen LogP) is 1.35. The molecule has 7 nitrogen and oxygen atoms in total. The van der Waals surface area contributed by atoms with Gasteiger partial charge in [-0.15, -0.1) is 0 Å². The summed E-state index contributed by atoms with van der Waals surface area (Å²) < 4.78 is 7.42. The molecule has 0 bridgehead atoms. The SMILES string of the molecule is CCC[C@H](N)C(=O)Nc1cn(CCNCCCOC(C)C)cn1. The van der Waals surface area contributed by atoms with Gasteiger partial charge in [-0.3, -0.25) is 4.79 Å². The minimum Gasteiger partial charge on any atom is -0.379 e. The first-order valence-corrected chi connectivity index (χ1v) is 8.43. The molecule has 7 heteroatoms. The average Bonchev–Trinajstić information content (AvgIpc) is 2.93. The number of rotatable bonds is 12. The van der Waals surface area contributed by atoms with Gasteiger partial charge in [-0.05, 0) is 33.2 Å². The zero-order valence-electron chi connectivity index (χ0n) is 14.5. The second kappa shape index (κ2) is 11.2. The Kier molecular flexibility index (Phi) is 9.51. The number of imidazole rings is 1. The molecule has 0 radical (unpaired) electrons. The molecule has 1 atom stereocenters. The molecular formula is C16H31N5O2. The van der Waals surface area contributed by atoms with Gasteiger partial charge in [0.25, 0.3) is 0 Å². The second-order valence-corrected chi connectivity index (χ2v) is 5.90. The molecule has 0 aliphatic rings. The van der Waals surface area contributed by atoms with E-state index in [9.17, 15) is 4.79 Å². The Bertz CT molecular complexity index is 447. The van der Waals surface area contributed by atoms with Crippen LogP contribution in [0.3, 0.4) is 0 Å². The number of hydrogen-bond acceptors (Lipinski definition) is 5. The molecule has 0 unspecified atom stereocenters. The lowest BCUT2D eigenvalue weighted by molar-refractivity contribution is -0.117. The van der Waals surface area contributed by atoms with Crippen LogP contribution in [-0.4, -0.2) is 47.3 Å². The first-order chi connectivity index (χ1) is 11.0. The van der Waals surface area contributed by atoms with Crippen molar-refractivity contribution in [3.8, 4) is 0 Å². The molecule has 0 saturated carbocycles. The van der Waals surface area contributed by atoms with E-state index >= 15 is 0 Å². The summed E-state index contributed by atoms with van der Waals surface area (Å²) in [6.07, 6.45) is 6.39. The van der Waals surface area contributed by atoms with Crippen LogP contribution in [0.5, 0.6) is 0 Å². The van der Waals surface area contributed by atoms with Gasteiger partial charge in [-0.25, -0.2) is 4.98 Å². The standard InChI is InChI=1S/C16H31N5O2/c1-4-6-14(17)16(22)20-15-11-21(12-19-15)9-8-18-7-5-10-23-13(2)3/h11-14,18H,4-10,17H2,1-3H3,(H,20,22)/t14-/m0/s1. The zero-order chi connectivity index (χ0) is 17.1. The number of carbonyl (C=O) groups is 1. The summed E-state index contributed by atoms with van der Waals surface area (Å²) in [5, 5.41) is 6.10. The monoisotopic (exact) mass is 325 g/mol. The summed E-state index contributed by atoms with van der Waals surface area (Å²) in [4.78, 5) is 16.0. The highest BCUT2D eigenvalue weighted by Crippen LogP contribution is 2.04. The van der Waals surface area contributed by atoms with Gasteiger partial charge < -0.3 is 25.7 Å². The van der Waals surface area contributed by atoms with Crippen molar-refractivity contribution in [3.63, 3.8) is 0 Å². The van der Waals surface area contributed by atoms with Crippen LogP contribution in [0.25, 0.3) is 0 Å². The van der Waals surface area contributed by atoms with E-state index in [0.717, 1.165) is 39.1 Å². The summed E-state index contributed by atoms with van der Waals surface area (Å²) in [6, 6.07) is -0.472. The number of nitrogens with two attached hydrogens (primary N) is 1. The molecule has 0 aliphatic carbocycles. The van der Waals surface area contributed by atoms with Gasteiger partial charge in [0, 0.05) is 25.9 Å². The van der Waals surface area contributed by atoms with Gasteiger partial charge in [-0.1, -0.05) is 13.3 Å². The molecule has 4 N–H and O–H groups in total. The summed E-state index contributed by atoms with van der Waals surface area (Å²) >= 11 is 0. The number of carbonyl (C=O) groups excluding carboxylic acids is 1. The number of hydrogen-bond donors (Lipinski definition) is 3. The van der Waals surface area contributed by atoms with Gasteiger partial charge >= 0.3 is 0 Å². The van der Waals surface area contributed by atoms with Gasteiger partial charge in [0.2, 0.25) is 5.91 Å². The van der Waals surface area contributed by atoms with Crippen molar-refractivity contribution in [2.24, 2.45) is 5.73 Å². The molecule has 1 amide bonds. The molecular weight excluding hydrogens is 294 g/mol. The van der Waals surface area contributed by atoms with E-state index in [1.54, 1.807) is 6.33 Å². The number of ether oxygens (including phenoxy) is 1. The maximum absolute atomic E-state index is 11.8. The van der Waals surface area contributed by atoms with E-state index in [0.29, 0.717) is 18.3 Å². The summed E-state index contributed by atoms with van der Waals surface area (Å²) in [5.74, 6) is 0.368. The van der Waals surface area contributed by atoms with Crippen LogP contribution in [0.15, 0.2) is 12.5 Å². The van der Waals surface area contributed by atoms with Gasteiger partial charge in [0.1, 0.15) is 0 Å². The van der Waals surface area contributed by atoms with Crippen molar-refractivity contribution in [1.29, 1.82) is 0 Å². The van der Waals surface area contributed by atoms with E-state index < -0.39 is 6.04 Å². The van der Waals surface area contributed by atoms with Crippen LogP contribution < -0.4 is 16.4 Å². The number of nitrogens with zero attached hydrogens (tertiary/aromatic N) is 2. The van der Waals surface area contributed by atoms with Crippen molar-refractivity contribution in [2.75, 3.05) is 25.0 Å². The molecule has 0 aliphatic heterocycles. The van der Waals surface area contributed by atoms with Crippen molar-refractivity contribution >= 4 is 11.7 Å². The fraction of sp³-hybridized carbons (Fsp3) is 0.750. The molecule has 0 fully saturated rings. The first kappa shape index (κ1) is 19.6. The van der Waals surface area contributed by atoms with Crippen molar-refractivity contribution in [1.82, 2.24) is 14.9 Å². The highest BCUT2D eigenvalue weighted by Gasteiger charge is 2.13. The Morgan fingerprint density at radius 2 is 2.22 bits per heavy atom. The van der Waals surface area contributed by atoms with E-state index in [-0.39, 0.29) is 5.91 Å². The molecule has 1 heterocycles. The lowest BCUT2D eigenvalue weighted by atomic mass is 10.2. The maximum Gasteiger partial charge on any atom is 0.242 e. The number of aromatic nitrogens is 2. The van der Waals surface area contributed by atoms with Crippen molar-refractivity contribution < 1.29 is 9.53 Å². The van der Waals surface area contributed by atoms with Crippen molar-refractivity contribution in [2.45, 2.75) is 58.7 Å². The highest BCUT2D eigenvalue weighted by atomic mass is 16.5. The Morgan fingerprint density at radius 3 is 2.91 bits per heavy atom. The van der Waals surface area contributed by atoms with E-state index in [1.807, 2.05) is 31.5 Å². The minimum atomic E-state index is -0.472. The summed E-state index contributed by atoms with van der Waals surface area (Å²) in [6.45, 7) is 9.44. The molecule has 0 spiro atoms. The topological polar surface area (TPSA) is 94.2 Å². The number of anilines is 1. The molecule has 1 aromatic rings. The molecule has 1 aromatic heterocycles. The second-order valence-electron chi connectivity index (χ2n) is 5.90. The van der Waals surface area contributed by atoms with E-state index in [1.165, 1.54) is 0 Å². The van der Waals surface area contributed by atoms with Gasteiger partial charge in [0.05, 0.1) is 18.5 Å². The first-order valence-electron chi connectivity index (χ1n) is 8.43. The zero-order valence-corrected chi connectivity index (χ0v) is 14.5. The molecule has 23 heavy (non-hydrogen) atoms. The largest absolute Gasteiger partial charge is 0.379 e. The third-order valence-electron chi connectivity index (χ3n) is 3.32. The molecule has 0 aromatic carbocycles. The third-order valence-corrected chi connectivity index (χ3v) is 3.32. The fourth-order valence-corrected chi connectivity index (χ4v) is 2.06. The van der Waals surface area contributed by atoms with Crippen LogP contribution in [0.4, 0.5) is 5.82 Å². The number of amides is 1. The lowest BCUT2D eigenvalue weighted by Crippen LogP contribution is -2.35. The van der Waals surface area contributed by atoms with Crippen LogP contribution in [0, 0.1) is 0 Å². The van der Waals surface area contributed by atoms with Crippen LogP contribution in [0.2, 0.25) is 0 Å². The van der Waals surface area contributed by atoms with Crippen LogP contribution in [-0.2, 0) is 16.1 Å². The normalized spacial score (nSPS) is 12.6. The number of nitrogens with one attached hydrogen (secondary N) is 2. The molecule has 1 rings (SSSR count). The quantitative estimate of drug-likeness (QED) is 0.504. The van der Waals surface area contributed by atoms with E-state index in [2.05, 4.69) is 15.6 Å². The molecule has 132 valence electrons. The average molecular weight is 325 g/mol. The smallest absolute Gasteiger partial charge is 0.242 e. The van der Waals surface area contributed by atoms with Crippen LogP contribution >= 0.6 is 0 Å². The Balaban J connectivity index is 2.17. The Morgan fingerprint density at radius 1 is 1.43 bits per heavy atom. The predicted molar refractivity (Wildman–Crippen MR) is 92.3 cm³/mol. The summed E-state index contributed by atoms with van der Waals surface area (Å²) in [7, 11) is 0. The third kappa shape index (κ3) is 8.68. The van der Waals surface area contributed by atoms with Gasteiger partial charge in [0.15, 0.2) is 5.82 Å². The maximum atomic E-state index is 11.8. The fourth-order valence-electron chi connectivity index (χ4n) is 2.06. The summed E-state index contributed by atoms with van der Waals surface area (Å²) in [5.41, 5.74) is 5.77. The molecule has 0 saturated heterocycles. The Hall–Kier alpha value is -1.44. The highest BCUT2D eigenvalue weighted by molar-refractivity contribution is 5.93. The minimum absolute atomic E-state index is 0.180. The van der Waals surface area contributed by atoms with E-state index in [4.69, 9.17) is 10.5 Å². The van der Waals surface area contributed by atoms with Crippen molar-refractivity contribution in [3.05, 3.63) is 12.5 Å². The Labute approximate surface area is 139 Å². The van der Waals surface area contributed by atoms with Crippen LogP contribution in [0.1, 0.15) is 40.0 Å².